The van der Waals surface area contributed by atoms with E-state index >= 15 is 0 Å². The van der Waals surface area contributed by atoms with E-state index in [2.05, 4.69) is 0 Å². The summed E-state index contributed by atoms with van der Waals surface area (Å²) in [6.07, 6.45) is 0. The van der Waals surface area contributed by atoms with Crippen LogP contribution in [0.3, 0.4) is 0 Å². The van der Waals surface area contributed by atoms with Gasteiger partial charge in [0, 0.05) is 13.1 Å². The van der Waals surface area contributed by atoms with Crippen molar-refractivity contribution in [3.63, 3.8) is 0 Å². The van der Waals surface area contributed by atoms with Gasteiger partial charge in [0.05, 0.1) is 0 Å². The fourth-order valence-electron chi connectivity index (χ4n) is 0. The van der Waals surface area contributed by atoms with E-state index in [0.29, 0.717) is 13.1 Å². The van der Waals surface area contributed by atoms with Gasteiger partial charge >= 0.3 is 17.2 Å². The Morgan fingerprint density at radius 1 is 0.667 bits per heavy atom. The molecular weight excluding hydrogens is 210 g/mol. The summed E-state index contributed by atoms with van der Waals surface area (Å²) in [4.78, 5) is 43.4. The monoisotopic (exact) mass is 224 g/mol. The largest absolute Gasteiger partial charge is 0.329 e. The van der Waals surface area contributed by atoms with E-state index in [4.69, 9.17) is 40.8 Å². The van der Waals surface area contributed by atoms with Gasteiger partial charge in [0.15, 0.2) is 0 Å². The molecule has 0 saturated carbocycles. The van der Waals surface area contributed by atoms with Crippen LogP contribution in [0.25, 0.3) is 0 Å². The quantitative estimate of drug-likeness (QED) is 0.222. The predicted octanol–water partition coefficient (Wildman–Crippen LogP) is -2.72. The van der Waals surface area contributed by atoms with E-state index in [-0.39, 0.29) is 0 Å². The Bertz CT molecular complexity index is 52.0. The summed E-state index contributed by atoms with van der Waals surface area (Å²) in [6.45, 7) is 1.19. The maximum absolute atomic E-state index is 7.23. The van der Waals surface area contributed by atoms with Crippen LogP contribution in [-0.2, 0) is 0 Å². The zero-order valence-corrected chi connectivity index (χ0v) is 7.94. The van der Waals surface area contributed by atoms with Crippen molar-refractivity contribution >= 4 is 17.2 Å². The van der Waals surface area contributed by atoms with Crippen LogP contribution in [0.5, 0.6) is 0 Å². The van der Waals surface area contributed by atoms with E-state index in [1.54, 1.807) is 0 Å². The van der Waals surface area contributed by atoms with Gasteiger partial charge in [-0.2, -0.15) is 0 Å². The molecule has 0 aliphatic carbocycles. The Kier molecular flexibility index (Phi) is 26.9. The molecule has 0 saturated heterocycles. The highest BCUT2D eigenvalue weighted by atomic mass is 31.2. The van der Waals surface area contributed by atoms with Crippen LogP contribution >= 0.6 is 17.2 Å². The minimum Gasteiger partial charge on any atom is -0.329 e. The lowest BCUT2D eigenvalue weighted by molar-refractivity contribution is 0.366. The van der Waals surface area contributed by atoms with E-state index in [0.717, 1.165) is 0 Å². The topological polar surface area (TPSA) is 173 Å². The van der Waals surface area contributed by atoms with Crippen molar-refractivity contribution in [2.45, 2.75) is 0 Å². The van der Waals surface area contributed by atoms with Gasteiger partial charge in [-0.05, 0) is 0 Å². The fourth-order valence-corrected chi connectivity index (χ4v) is 0. The average molecular weight is 224 g/mol. The van der Waals surface area contributed by atoms with Crippen molar-refractivity contribution in [2.24, 2.45) is 11.5 Å². The number of hydrogen-bond donors (Lipinski definition) is 8. The van der Waals surface area contributed by atoms with Gasteiger partial charge in [-0.3, -0.25) is 0 Å². The minimum atomic E-state index is -2.62. The normalized spacial score (nSPS) is 8.50. The summed E-state index contributed by atoms with van der Waals surface area (Å²) in [6, 6.07) is 0. The maximum atomic E-state index is 7.23. The Morgan fingerprint density at radius 3 is 0.750 bits per heavy atom. The highest BCUT2D eigenvalue weighted by Gasteiger charge is 1.76. The molecule has 10 heteroatoms. The molecule has 0 bridgehead atoms. The first-order valence-electron chi connectivity index (χ1n) is 2.52. The Morgan fingerprint density at radius 2 is 0.750 bits per heavy atom. The second-order valence-corrected chi connectivity index (χ2v) is 2.19. The van der Waals surface area contributed by atoms with Crippen LogP contribution in [0, 0.1) is 0 Å². The van der Waals surface area contributed by atoms with E-state index in [9.17, 15) is 0 Å². The molecule has 0 amide bonds. The molecule has 0 spiro atoms. The second-order valence-electron chi connectivity index (χ2n) is 1.11. The number of hydrogen-bond acceptors (Lipinski definition) is 8. The van der Waals surface area contributed by atoms with Crippen molar-refractivity contribution < 1.29 is 29.4 Å². The molecule has 0 unspecified atom stereocenters. The Balaban J connectivity index is -0.000000101. The van der Waals surface area contributed by atoms with Crippen molar-refractivity contribution in [2.75, 3.05) is 13.1 Å². The van der Waals surface area contributed by atoms with Crippen LogP contribution in [0.2, 0.25) is 0 Å². The molecule has 0 radical (unpaired) electrons. The molecule has 0 aliphatic rings. The zero-order chi connectivity index (χ0) is 10.6. The standard InChI is InChI=1S/C2H8N2.2H3O3P/c3-1-2-4;2*1-4(2)3/h1-4H2;2*1-3H. The first kappa shape index (κ1) is 18.3. The summed E-state index contributed by atoms with van der Waals surface area (Å²) >= 11 is 0. The first-order valence-corrected chi connectivity index (χ1v) is 4.92. The molecule has 0 aromatic rings. The molecule has 0 fully saturated rings. The van der Waals surface area contributed by atoms with Crippen molar-refractivity contribution in [1.29, 1.82) is 0 Å². The number of nitrogens with two attached hydrogens (primary N) is 2. The van der Waals surface area contributed by atoms with Gasteiger partial charge in [0.1, 0.15) is 0 Å². The summed E-state index contributed by atoms with van der Waals surface area (Å²) < 4.78 is 0. The molecule has 12 heavy (non-hydrogen) atoms. The second kappa shape index (κ2) is 17.6. The fraction of sp³-hybridized carbons (Fsp3) is 1.00. The average Bonchev–Trinajstić information content (AvgIpc) is 1.85. The molecule has 0 rings (SSSR count). The molecule has 0 atom stereocenters. The lowest BCUT2D eigenvalue weighted by Gasteiger charge is -1.76. The molecular formula is C2H14N2O6P2. The molecule has 8 nitrogen and oxygen atoms in total. The summed E-state index contributed by atoms with van der Waals surface area (Å²) in [7, 11) is -5.24. The molecule has 10 N–H and O–H groups in total. The SMILES string of the molecule is NCCN.OP(O)O.OP(O)O. The Labute approximate surface area is 72.1 Å². The lowest BCUT2D eigenvalue weighted by atomic mass is 10.7. The van der Waals surface area contributed by atoms with E-state index < -0.39 is 17.2 Å². The summed E-state index contributed by atoms with van der Waals surface area (Å²) in [5.41, 5.74) is 9.81. The summed E-state index contributed by atoms with van der Waals surface area (Å²) in [5, 5.41) is 0. The van der Waals surface area contributed by atoms with Crippen LogP contribution in [0.4, 0.5) is 0 Å². The van der Waals surface area contributed by atoms with Crippen LogP contribution in [0.15, 0.2) is 0 Å². The summed E-state index contributed by atoms with van der Waals surface area (Å²) in [5.74, 6) is 0. The highest BCUT2D eigenvalue weighted by Crippen LogP contribution is 2.12. The third kappa shape index (κ3) is 404. The lowest BCUT2D eigenvalue weighted by Crippen LogP contribution is -2.11. The smallest absolute Gasteiger partial charge is 0.324 e. The Hall–Kier alpha value is 0.540. The molecule has 0 heterocycles. The highest BCUT2D eigenvalue weighted by molar-refractivity contribution is 7.38. The van der Waals surface area contributed by atoms with Gasteiger partial charge in [-0.15, -0.1) is 0 Å². The van der Waals surface area contributed by atoms with Crippen LogP contribution in [-0.4, -0.2) is 42.4 Å². The maximum Gasteiger partial charge on any atom is 0.324 e. The van der Waals surface area contributed by atoms with Crippen LogP contribution < -0.4 is 11.5 Å². The minimum absolute atomic E-state index is 0.597. The molecule has 0 aromatic carbocycles. The van der Waals surface area contributed by atoms with E-state index in [1.165, 1.54) is 0 Å². The molecule has 0 aliphatic heterocycles. The van der Waals surface area contributed by atoms with Gasteiger partial charge < -0.3 is 40.8 Å². The molecule has 78 valence electrons. The third-order valence-corrected chi connectivity index (χ3v) is 0.167. The van der Waals surface area contributed by atoms with Gasteiger partial charge in [-0.1, -0.05) is 0 Å². The van der Waals surface area contributed by atoms with Crippen molar-refractivity contribution in [3.05, 3.63) is 0 Å². The predicted molar refractivity (Wildman–Crippen MR) is 45.3 cm³/mol. The molecule has 0 aromatic heterocycles. The van der Waals surface area contributed by atoms with Gasteiger partial charge in [-0.25, -0.2) is 0 Å². The number of rotatable bonds is 1. The zero-order valence-electron chi connectivity index (χ0n) is 6.15. The van der Waals surface area contributed by atoms with Gasteiger partial charge in [0.25, 0.3) is 0 Å². The van der Waals surface area contributed by atoms with E-state index in [1.807, 2.05) is 0 Å². The van der Waals surface area contributed by atoms with Crippen molar-refractivity contribution in [1.82, 2.24) is 0 Å². The van der Waals surface area contributed by atoms with Gasteiger partial charge in [0.2, 0.25) is 0 Å². The van der Waals surface area contributed by atoms with Crippen LogP contribution in [0.1, 0.15) is 0 Å². The third-order valence-electron chi connectivity index (χ3n) is 0.167. The van der Waals surface area contributed by atoms with Crippen molar-refractivity contribution in [3.8, 4) is 0 Å². The first-order chi connectivity index (χ1) is 5.38.